The maximum Gasteiger partial charge on any atom is 0.124 e. The summed E-state index contributed by atoms with van der Waals surface area (Å²) >= 11 is 0. The summed E-state index contributed by atoms with van der Waals surface area (Å²) in [4.78, 5) is 2.71. The minimum atomic E-state index is 0.497. The third-order valence-electron chi connectivity index (χ3n) is 4.81. The third-order valence-corrected chi connectivity index (χ3v) is 4.81. The second-order valence-corrected chi connectivity index (χ2v) is 6.24. The molecule has 0 bridgehead atoms. The quantitative estimate of drug-likeness (QED) is 0.921. The Hall–Kier alpha value is -1.06. The number of piperidine rings is 1. The van der Waals surface area contributed by atoms with E-state index in [1.54, 1.807) is 0 Å². The molecule has 3 nitrogen and oxygen atoms in total. The van der Waals surface area contributed by atoms with E-state index in [2.05, 4.69) is 36.1 Å². The van der Waals surface area contributed by atoms with Crippen molar-refractivity contribution in [3.8, 4) is 5.75 Å². The first kappa shape index (κ1) is 13.9. The van der Waals surface area contributed by atoms with Gasteiger partial charge in [0.15, 0.2) is 0 Å². The molecule has 3 unspecified atom stereocenters. The van der Waals surface area contributed by atoms with Crippen LogP contribution in [-0.2, 0) is 0 Å². The highest BCUT2D eigenvalue weighted by molar-refractivity contribution is 5.38. The van der Waals surface area contributed by atoms with Gasteiger partial charge in [-0.3, -0.25) is 4.90 Å². The molecule has 110 valence electrons. The van der Waals surface area contributed by atoms with Crippen molar-refractivity contribution in [3.05, 3.63) is 29.8 Å². The molecule has 0 radical (unpaired) electrons. The number of fused-ring (bicyclic) bond motifs is 1. The Balaban J connectivity index is 1.90. The van der Waals surface area contributed by atoms with E-state index in [0.717, 1.165) is 25.3 Å². The SMILES string of the molecule is CC1COc2ccccc2C1N1CCCCC1CCN. The number of hydrogen-bond acceptors (Lipinski definition) is 3. The van der Waals surface area contributed by atoms with E-state index in [1.165, 1.54) is 31.4 Å². The van der Waals surface area contributed by atoms with Crippen molar-refractivity contribution in [2.24, 2.45) is 11.7 Å². The van der Waals surface area contributed by atoms with Crippen LogP contribution in [0, 0.1) is 5.92 Å². The Morgan fingerprint density at radius 1 is 1.30 bits per heavy atom. The Bertz CT molecular complexity index is 446. The van der Waals surface area contributed by atoms with Gasteiger partial charge in [0, 0.05) is 23.6 Å². The number of ether oxygens (including phenoxy) is 1. The topological polar surface area (TPSA) is 38.5 Å². The monoisotopic (exact) mass is 274 g/mol. The molecule has 2 aliphatic heterocycles. The van der Waals surface area contributed by atoms with Gasteiger partial charge in [-0.2, -0.15) is 0 Å². The summed E-state index contributed by atoms with van der Waals surface area (Å²) in [6.07, 6.45) is 5.07. The van der Waals surface area contributed by atoms with Crippen molar-refractivity contribution in [2.75, 3.05) is 19.7 Å². The molecule has 3 heteroatoms. The number of benzene rings is 1. The van der Waals surface area contributed by atoms with Crippen LogP contribution in [0.15, 0.2) is 24.3 Å². The molecule has 0 aliphatic carbocycles. The van der Waals surface area contributed by atoms with Gasteiger partial charge >= 0.3 is 0 Å². The predicted octanol–water partition coefficient (Wildman–Crippen LogP) is 2.96. The zero-order chi connectivity index (χ0) is 13.9. The van der Waals surface area contributed by atoms with Gasteiger partial charge in [0.1, 0.15) is 5.75 Å². The first-order chi connectivity index (χ1) is 9.81. The fraction of sp³-hybridized carbons (Fsp3) is 0.647. The Kier molecular flexibility index (Phi) is 4.27. The maximum absolute atomic E-state index is 5.90. The van der Waals surface area contributed by atoms with Crippen molar-refractivity contribution in [3.63, 3.8) is 0 Å². The molecule has 3 rings (SSSR count). The largest absolute Gasteiger partial charge is 0.493 e. The van der Waals surface area contributed by atoms with Crippen LogP contribution < -0.4 is 10.5 Å². The summed E-state index contributed by atoms with van der Waals surface area (Å²) in [5.41, 5.74) is 7.20. The van der Waals surface area contributed by atoms with Gasteiger partial charge in [0.05, 0.1) is 6.61 Å². The van der Waals surface area contributed by atoms with Crippen LogP contribution in [0.1, 0.15) is 44.2 Å². The second kappa shape index (κ2) is 6.15. The molecule has 0 aromatic heterocycles. The van der Waals surface area contributed by atoms with E-state index in [4.69, 9.17) is 10.5 Å². The lowest BCUT2D eigenvalue weighted by Crippen LogP contribution is -2.47. The lowest BCUT2D eigenvalue weighted by Gasteiger charge is -2.46. The summed E-state index contributed by atoms with van der Waals surface area (Å²) < 4.78 is 5.90. The summed E-state index contributed by atoms with van der Waals surface area (Å²) in [5.74, 6) is 1.62. The third kappa shape index (κ3) is 2.57. The highest BCUT2D eigenvalue weighted by Crippen LogP contribution is 2.42. The van der Waals surface area contributed by atoms with Gasteiger partial charge in [-0.05, 0) is 38.4 Å². The standard InChI is InChI=1S/C17H26N2O/c1-13-12-20-16-8-3-2-7-15(16)17(13)19-11-5-4-6-14(19)9-10-18/h2-3,7-8,13-14,17H,4-6,9-12,18H2,1H3. The van der Waals surface area contributed by atoms with Crippen LogP contribution in [0.4, 0.5) is 0 Å². The average molecular weight is 274 g/mol. The maximum atomic E-state index is 5.90. The van der Waals surface area contributed by atoms with Gasteiger partial charge in [0.25, 0.3) is 0 Å². The molecule has 2 aliphatic rings. The van der Waals surface area contributed by atoms with Crippen LogP contribution >= 0.6 is 0 Å². The molecule has 1 fully saturated rings. The van der Waals surface area contributed by atoms with Gasteiger partial charge < -0.3 is 10.5 Å². The molecular formula is C17H26N2O. The Morgan fingerprint density at radius 2 is 2.15 bits per heavy atom. The number of para-hydroxylation sites is 1. The molecule has 0 saturated carbocycles. The lowest BCUT2D eigenvalue weighted by atomic mass is 9.86. The van der Waals surface area contributed by atoms with E-state index in [9.17, 15) is 0 Å². The first-order valence-electron chi connectivity index (χ1n) is 7.99. The van der Waals surface area contributed by atoms with Gasteiger partial charge in [0.2, 0.25) is 0 Å². The number of nitrogens with two attached hydrogens (primary N) is 1. The number of nitrogens with zero attached hydrogens (tertiary/aromatic N) is 1. The average Bonchev–Trinajstić information content (AvgIpc) is 2.49. The van der Waals surface area contributed by atoms with Crippen LogP contribution in [0.25, 0.3) is 0 Å². The normalized spacial score (nSPS) is 30.6. The second-order valence-electron chi connectivity index (χ2n) is 6.24. The molecule has 0 amide bonds. The fourth-order valence-corrected chi connectivity index (χ4v) is 3.87. The number of rotatable bonds is 3. The molecular weight excluding hydrogens is 248 g/mol. The molecule has 0 spiro atoms. The van der Waals surface area contributed by atoms with E-state index in [1.807, 2.05) is 0 Å². The highest BCUT2D eigenvalue weighted by Gasteiger charge is 2.36. The minimum absolute atomic E-state index is 0.497. The summed E-state index contributed by atoms with van der Waals surface area (Å²) in [6, 6.07) is 9.69. The first-order valence-corrected chi connectivity index (χ1v) is 7.99. The van der Waals surface area contributed by atoms with Crippen LogP contribution in [0.5, 0.6) is 5.75 Å². The zero-order valence-electron chi connectivity index (χ0n) is 12.4. The molecule has 1 aromatic rings. The molecule has 1 aromatic carbocycles. The summed E-state index contributed by atoms with van der Waals surface area (Å²) in [7, 11) is 0. The summed E-state index contributed by atoms with van der Waals surface area (Å²) in [6.45, 7) is 5.14. The van der Waals surface area contributed by atoms with Crippen molar-refractivity contribution >= 4 is 0 Å². The van der Waals surface area contributed by atoms with Crippen LogP contribution in [0.3, 0.4) is 0 Å². The van der Waals surface area contributed by atoms with Crippen LogP contribution in [-0.4, -0.2) is 30.6 Å². The van der Waals surface area contributed by atoms with E-state index in [-0.39, 0.29) is 0 Å². The number of likely N-dealkylation sites (tertiary alicyclic amines) is 1. The fourth-order valence-electron chi connectivity index (χ4n) is 3.87. The van der Waals surface area contributed by atoms with Gasteiger partial charge in [-0.1, -0.05) is 31.5 Å². The predicted molar refractivity (Wildman–Crippen MR) is 81.9 cm³/mol. The van der Waals surface area contributed by atoms with Crippen molar-refractivity contribution in [2.45, 2.75) is 44.7 Å². The molecule has 2 N–H and O–H groups in total. The van der Waals surface area contributed by atoms with E-state index in [0.29, 0.717) is 18.0 Å². The molecule has 20 heavy (non-hydrogen) atoms. The van der Waals surface area contributed by atoms with E-state index >= 15 is 0 Å². The zero-order valence-corrected chi connectivity index (χ0v) is 12.4. The minimum Gasteiger partial charge on any atom is -0.493 e. The van der Waals surface area contributed by atoms with Crippen molar-refractivity contribution in [1.82, 2.24) is 4.90 Å². The molecule has 1 saturated heterocycles. The van der Waals surface area contributed by atoms with E-state index < -0.39 is 0 Å². The molecule has 3 atom stereocenters. The van der Waals surface area contributed by atoms with Gasteiger partial charge in [-0.25, -0.2) is 0 Å². The van der Waals surface area contributed by atoms with Crippen LogP contribution in [0.2, 0.25) is 0 Å². The van der Waals surface area contributed by atoms with Crippen molar-refractivity contribution < 1.29 is 4.74 Å². The van der Waals surface area contributed by atoms with Gasteiger partial charge in [-0.15, -0.1) is 0 Å². The number of hydrogen-bond donors (Lipinski definition) is 1. The highest BCUT2D eigenvalue weighted by atomic mass is 16.5. The Labute approximate surface area is 122 Å². The lowest BCUT2D eigenvalue weighted by molar-refractivity contribution is 0.0317. The van der Waals surface area contributed by atoms with Crippen molar-refractivity contribution in [1.29, 1.82) is 0 Å². The summed E-state index contributed by atoms with van der Waals surface area (Å²) in [5, 5.41) is 0. The Morgan fingerprint density at radius 3 is 3.00 bits per heavy atom. The smallest absolute Gasteiger partial charge is 0.124 e. The molecule has 2 heterocycles.